The van der Waals surface area contributed by atoms with Crippen molar-refractivity contribution in [3.8, 4) is 11.8 Å². The number of nitriles is 1. The highest BCUT2D eigenvalue weighted by Gasteiger charge is 2.09. The number of benzene rings is 2. The van der Waals surface area contributed by atoms with Crippen molar-refractivity contribution >= 4 is 16.6 Å². The molecule has 0 spiro atoms. The average molecular weight is 248 g/mol. The molecule has 0 atom stereocenters. The fourth-order valence-electron chi connectivity index (χ4n) is 2.15. The quantitative estimate of drug-likeness (QED) is 0.673. The first kappa shape index (κ1) is 11.3. The molecule has 0 fully saturated rings. The zero-order chi connectivity index (χ0) is 13.4. The van der Waals surface area contributed by atoms with Gasteiger partial charge in [0.1, 0.15) is 6.07 Å². The number of anilines is 1. The SMILES string of the molecule is Cc1ccc(-n2ncc3ccc(N)cc32)c(C#N)c1. The predicted octanol–water partition coefficient (Wildman–Crippen LogP) is 2.79. The maximum atomic E-state index is 9.25. The Morgan fingerprint density at radius 1 is 1.21 bits per heavy atom. The van der Waals surface area contributed by atoms with Gasteiger partial charge in [-0.2, -0.15) is 10.4 Å². The second kappa shape index (κ2) is 4.14. The van der Waals surface area contributed by atoms with Crippen LogP contribution in [-0.2, 0) is 0 Å². The molecule has 0 radical (unpaired) electrons. The van der Waals surface area contributed by atoms with E-state index in [0.29, 0.717) is 11.3 Å². The molecule has 3 rings (SSSR count). The zero-order valence-electron chi connectivity index (χ0n) is 10.5. The van der Waals surface area contributed by atoms with Gasteiger partial charge in [-0.1, -0.05) is 6.07 Å². The summed E-state index contributed by atoms with van der Waals surface area (Å²) in [4.78, 5) is 0. The monoisotopic (exact) mass is 248 g/mol. The fourth-order valence-corrected chi connectivity index (χ4v) is 2.15. The standard InChI is InChI=1S/C15H12N4/c1-10-2-5-14(12(6-10)8-16)19-15-7-13(17)4-3-11(15)9-18-19/h2-7,9H,17H2,1H3. The van der Waals surface area contributed by atoms with Gasteiger partial charge in [0, 0.05) is 11.1 Å². The lowest BCUT2D eigenvalue weighted by atomic mass is 10.1. The Hall–Kier alpha value is -2.80. The smallest absolute Gasteiger partial charge is 0.101 e. The molecule has 0 saturated carbocycles. The fraction of sp³-hybridized carbons (Fsp3) is 0.0667. The highest BCUT2D eigenvalue weighted by Crippen LogP contribution is 2.23. The van der Waals surface area contributed by atoms with Crippen LogP contribution in [0.4, 0.5) is 5.69 Å². The predicted molar refractivity (Wildman–Crippen MR) is 74.9 cm³/mol. The molecule has 2 aromatic carbocycles. The number of fused-ring (bicyclic) bond motifs is 1. The van der Waals surface area contributed by atoms with Gasteiger partial charge in [-0.05, 0) is 42.8 Å². The van der Waals surface area contributed by atoms with E-state index >= 15 is 0 Å². The molecule has 4 heteroatoms. The van der Waals surface area contributed by atoms with E-state index in [1.54, 1.807) is 10.9 Å². The first-order valence-electron chi connectivity index (χ1n) is 5.93. The highest BCUT2D eigenvalue weighted by molar-refractivity contribution is 5.83. The van der Waals surface area contributed by atoms with Gasteiger partial charge in [-0.25, -0.2) is 4.68 Å². The molecular formula is C15H12N4. The van der Waals surface area contributed by atoms with E-state index in [9.17, 15) is 5.26 Å². The number of nitrogens with two attached hydrogens (primary N) is 1. The van der Waals surface area contributed by atoms with Gasteiger partial charge >= 0.3 is 0 Å². The molecule has 0 amide bonds. The van der Waals surface area contributed by atoms with Crippen LogP contribution in [0.2, 0.25) is 0 Å². The van der Waals surface area contributed by atoms with Gasteiger partial charge in [0.05, 0.1) is 23.0 Å². The summed E-state index contributed by atoms with van der Waals surface area (Å²) in [6, 6.07) is 13.6. The molecule has 0 aliphatic rings. The minimum atomic E-state index is 0.604. The lowest BCUT2D eigenvalue weighted by molar-refractivity contribution is 0.906. The molecule has 0 aliphatic carbocycles. The summed E-state index contributed by atoms with van der Waals surface area (Å²) in [7, 11) is 0. The highest BCUT2D eigenvalue weighted by atomic mass is 15.3. The summed E-state index contributed by atoms with van der Waals surface area (Å²) >= 11 is 0. The van der Waals surface area contributed by atoms with Crippen LogP contribution in [0.25, 0.3) is 16.6 Å². The number of rotatable bonds is 1. The van der Waals surface area contributed by atoms with E-state index < -0.39 is 0 Å². The molecule has 1 heterocycles. The van der Waals surface area contributed by atoms with Gasteiger partial charge < -0.3 is 5.73 Å². The Labute approximate surface area is 110 Å². The molecule has 92 valence electrons. The van der Waals surface area contributed by atoms with Crippen molar-refractivity contribution in [2.75, 3.05) is 5.73 Å². The molecule has 2 N–H and O–H groups in total. The minimum absolute atomic E-state index is 0.604. The lowest BCUT2D eigenvalue weighted by Gasteiger charge is -2.07. The molecule has 0 aliphatic heterocycles. The van der Waals surface area contributed by atoms with Gasteiger partial charge in [-0.15, -0.1) is 0 Å². The van der Waals surface area contributed by atoms with Gasteiger partial charge in [-0.3, -0.25) is 0 Å². The third kappa shape index (κ3) is 1.81. The third-order valence-electron chi connectivity index (χ3n) is 3.10. The van der Waals surface area contributed by atoms with Crippen molar-refractivity contribution in [3.63, 3.8) is 0 Å². The van der Waals surface area contributed by atoms with Gasteiger partial charge in [0.25, 0.3) is 0 Å². The van der Waals surface area contributed by atoms with E-state index in [0.717, 1.165) is 22.2 Å². The van der Waals surface area contributed by atoms with E-state index in [-0.39, 0.29) is 0 Å². The van der Waals surface area contributed by atoms with Crippen LogP contribution >= 0.6 is 0 Å². The lowest BCUT2D eigenvalue weighted by Crippen LogP contribution is -2.00. The number of aromatic nitrogens is 2. The summed E-state index contributed by atoms with van der Waals surface area (Å²) in [6.45, 7) is 1.96. The molecule has 0 bridgehead atoms. The van der Waals surface area contributed by atoms with Gasteiger partial charge in [0.2, 0.25) is 0 Å². The Bertz CT molecular complexity index is 809. The second-order valence-corrected chi connectivity index (χ2v) is 4.51. The zero-order valence-corrected chi connectivity index (χ0v) is 10.5. The molecule has 0 saturated heterocycles. The number of nitrogens with zero attached hydrogens (tertiary/aromatic N) is 3. The molecule has 4 nitrogen and oxygen atoms in total. The van der Waals surface area contributed by atoms with Crippen LogP contribution in [-0.4, -0.2) is 9.78 Å². The molecule has 3 aromatic rings. The second-order valence-electron chi connectivity index (χ2n) is 4.51. The third-order valence-corrected chi connectivity index (χ3v) is 3.10. The maximum Gasteiger partial charge on any atom is 0.101 e. The average Bonchev–Trinajstić information content (AvgIpc) is 2.81. The van der Waals surface area contributed by atoms with Crippen molar-refractivity contribution in [2.45, 2.75) is 6.92 Å². The van der Waals surface area contributed by atoms with Crippen LogP contribution in [0.3, 0.4) is 0 Å². The van der Waals surface area contributed by atoms with Crippen LogP contribution < -0.4 is 5.73 Å². The maximum absolute atomic E-state index is 9.25. The topological polar surface area (TPSA) is 67.6 Å². The Kier molecular flexibility index (Phi) is 2.46. The van der Waals surface area contributed by atoms with Crippen LogP contribution in [0, 0.1) is 18.3 Å². The van der Waals surface area contributed by atoms with Crippen LogP contribution in [0.1, 0.15) is 11.1 Å². The van der Waals surface area contributed by atoms with E-state index in [1.165, 1.54) is 0 Å². The summed E-state index contributed by atoms with van der Waals surface area (Å²) in [5.41, 5.74) is 9.83. The normalized spacial score (nSPS) is 10.5. The Morgan fingerprint density at radius 3 is 2.84 bits per heavy atom. The van der Waals surface area contributed by atoms with Crippen molar-refractivity contribution < 1.29 is 0 Å². The van der Waals surface area contributed by atoms with E-state index in [2.05, 4.69) is 11.2 Å². The van der Waals surface area contributed by atoms with Crippen molar-refractivity contribution in [3.05, 3.63) is 53.7 Å². The minimum Gasteiger partial charge on any atom is -0.399 e. The summed E-state index contributed by atoms with van der Waals surface area (Å²) < 4.78 is 1.75. The number of aryl methyl sites for hydroxylation is 1. The van der Waals surface area contributed by atoms with E-state index in [4.69, 9.17) is 5.73 Å². The number of hydrogen-bond acceptors (Lipinski definition) is 3. The first-order valence-corrected chi connectivity index (χ1v) is 5.93. The largest absolute Gasteiger partial charge is 0.399 e. The number of nitrogen functional groups attached to an aromatic ring is 1. The number of hydrogen-bond donors (Lipinski definition) is 1. The summed E-state index contributed by atoms with van der Waals surface area (Å²) in [5.74, 6) is 0. The molecule has 19 heavy (non-hydrogen) atoms. The van der Waals surface area contributed by atoms with E-state index in [1.807, 2.05) is 43.3 Å². The van der Waals surface area contributed by atoms with Crippen LogP contribution in [0.5, 0.6) is 0 Å². The Balaban J connectivity index is 2.31. The van der Waals surface area contributed by atoms with Crippen molar-refractivity contribution in [1.29, 1.82) is 5.26 Å². The van der Waals surface area contributed by atoms with Gasteiger partial charge in [0.15, 0.2) is 0 Å². The molecule has 1 aromatic heterocycles. The summed E-state index contributed by atoms with van der Waals surface area (Å²) in [5, 5.41) is 14.6. The molecule has 0 unspecified atom stereocenters. The van der Waals surface area contributed by atoms with Crippen LogP contribution in [0.15, 0.2) is 42.6 Å². The van der Waals surface area contributed by atoms with Crippen molar-refractivity contribution in [1.82, 2.24) is 9.78 Å². The van der Waals surface area contributed by atoms with Crippen molar-refractivity contribution in [2.24, 2.45) is 0 Å². The molecular weight excluding hydrogens is 236 g/mol. The first-order chi connectivity index (χ1) is 9.19. The Morgan fingerprint density at radius 2 is 2.05 bits per heavy atom. The summed E-state index contributed by atoms with van der Waals surface area (Å²) in [6.07, 6.45) is 1.77.